The lowest BCUT2D eigenvalue weighted by Crippen LogP contribution is -2.51. The second kappa shape index (κ2) is 15.8. The number of benzene rings is 2. The molecule has 2 aromatic carbocycles. The lowest BCUT2D eigenvalue weighted by molar-refractivity contribution is 0.0120. The van der Waals surface area contributed by atoms with Crippen LogP contribution < -0.4 is 9.64 Å². The Morgan fingerprint density at radius 3 is 2.43 bits per heavy atom. The Labute approximate surface area is 308 Å². The van der Waals surface area contributed by atoms with Crippen LogP contribution >= 0.6 is 11.6 Å². The Balaban J connectivity index is 0.952. The second-order valence-electron chi connectivity index (χ2n) is 15.8. The number of aromatic nitrogens is 2. The summed E-state index contributed by atoms with van der Waals surface area (Å²) >= 11 is 6.29. The second-order valence-corrected chi connectivity index (χ2v) is 16.2. The molecule has 3 fully saturated rings. The van der Waals surface area contributed by atoms with Crippen molar-refractivity contribution in [3.63, 3.8) is 0 Å². The van der Waals surface area contributed by atoms with Crippen LogP contribution in [0.4, 0.5) is 10.7 Å². The molecule has 10 nitrogen and oxygen atoms in total. The van der Waals surface area contributed by atoms with Crippen molar-refractivity contribution in [2.75, 3.05) is 63.8 Å². The van der Waals surface area contributed by atoms with E-state index >= 15 is 0 Å². The van der Waals surface area contributed by atoms with Gasteiger partial charge in [0.25, 0.3) is 0 Å². The number of ether oxygens (including phenoxy) is 2. The van der Waals surface area contributed by atoms with Gasteiger partial charge in [-0.15, -0.1) is 0 Å². The minimum absolute atomic E-state index is 0.180. The SMILES string of the molecule is CC(C)(C)OC(=O)N1CCCC(N2CCC(CN3CCN(c4nccc(COc5ccc(C(C)(C)c6cc(Cl)cc(C#N)c6)cc5)n4)CC3)C2)C1. The Morgan fingerprint density at radius 1 is 0.941 bits per heavy atom. The van der Waals surface area contributed by atoms with Crippen LogP contribution in [0.3, 0.4) is 0 Å². The third-order valence-electron chi connectivity index (χ3n) is 10.5. The average Bonchev–Trinajstić information content (AvgIpc) is 3.59. The molecule has 51 heavy (non-hydrogen) atoms. The number of nitrogens with zero attached hydrogens (tertiary/aromatic N) is 7. The molecule has 0 spiro atoms. The van der Waals surface area contributed by atoms with Gasteiger partial charge in [0.05, 0.1) is 17.3 Å². The molecule has 1 aromatic heterocycles. The van der Waals surface area contributed by atoms with Gasteiger partial charge in [-0.1, -0.05) is 37.6 Å². The highest BCUT2D eigenvalue weighted by Crippen LogP contribution is 2.34. The van der Waals surface area contributed by atoms with Crippen LogP contribution in [-0.4, -0.2) is 101 Å². The molecule has 4 heterocycles. The predicted octanol–water partition coefficient (Wildman–Crippen LogP) is 6.75. The number of halogens is 1. The van der Waals surface area contributed by atoms with Crippen LogP contribution in [0.15, 0.2) is 54.7 Å². The highest BCUT2D eigenvalue weighted by atomic mass is 35.5. The topological polar surface area (TPSA) is 98.1 Å². The summed E-state index contributed by atoms with van der Waals surface area (Å²) in [5, 5.41) is 9.95. The molecule has 3 saturated heterocycles. The number of amides is 1. The van der Waals surface area contributed by atoms with Crippen LogP contribution in [0.2, 0.25) is 5.02 Å². The Hall–Kier alpha value is -3.91. The average molecular weight is 714 g/mol. The van der Waals surface area contributed by atoms with Crippen LogP contribution in [0.5, 0.6) is 5.75 Å². The summed E-state index contributed by atoms with van der Waals surface area (Å²) in [7, 11) is 0. The zero-order chi connectivity index (χ0) is 36.2. The largest absolute Gasteiger partial charge is 0.487 e. The number of rotatable bonds is 9. The maximum absolute atomic E-state index is 12.7. The normalized spacial score (nSPS) is 20.6. The summed E-state index contributed by atoms with van der Waals surface area (Å²) < 4.78 is 11.8. The highest BCUT2D eigenvalue weighted by Gasteiger charge is 2.35. The number of anilines is 1. The van der Waals surface area contributed by atoms with E-state index in [1.807, 2.05) is 62.2 Å². The number of carbonyl (C=O) groups excluding carboxylic acids is 1. The van der Waals surface area contributed by atoms with Crippen molar-refractivity contribution in [1.82, 2.24) is 24.7 Å². The first-order valence-corrected chi connectivity index (χ1v) is 18.7. The van der Waals surface area contributed by atoms with E-state index < -0.39 is 5.60 Å². The van der Waals surface area contributed by atoms with Crippen molar-refractivity contribution in [1.29, 1.82) is 5.26 Å². The molecule has 0 N–H and O–H groups in total. The summed E-state index contributed by atoms with van der Waals surface area (Å²) in [6.07, 6.45) is 5.03. The number of hydrogen-bond acceptors (Lipinski definition) is 9. The van der Waals surface area contributed by atoms with Crippen molar-refractivity contribution in [2.45, 2.75) is 77.5 Å². The molecule has 2 atom stereocenters. The van der Waals surface area contributed by atoms with E-state index in [4.69, 9.17) is 26.1 Å². The zero-order valence-electron chi connectivity index (χ0n) is 30.8. The molecular formula is C40H52ClN7O3. The van der Waals surface area contributed by atoms with E-state index in [0.29, 0.717) is 29.2 Å². The Morgan fingerprint density at radius 2 is 1.71 bits per heavy atom. The van der Waals surface area contributed by atoms with Crippen molar-refractivity contribution in [3.05, 3.63) is 82.1 Å². The van der Waals surface area contributed by atoms with Gasteiger partial charge < -0.3 is 19.3 Å². The summed E-state index contributed by atoms with van der Waals surface area (Å²) in [5.41, 5.74) is 2.69. The number of carbonyl (C=O) groups is 1. The monoisotopic (exact) mass is 713 g/mol. The van der Waals surface area contributed by atoms with Crippen molar-refractivity contribution in [2.24, 2.45) is 5.92 Å². The summed E-state index contributed by atoms with van der Waals surface area (Å²) in [6, 6.07) is 18.1. The minimum Gasteiger partial charge on any atom is -0.487 e. The van der Waals surface area contributed by atoms with E-state index in [2.05, 4.69) is 51.7 Å². The van der Waals surface area contributed by atoms with E-state index in [0.717, 1.165) is 100 Å². The quantitative estimate of drug-likeness (QED) is 0.239. The summed E-state index contributed by atoms with van der Waals surface area (Å²) in [5.74, 6) is 2.17. The van der Waals surface area contributed by atoms with Crippen LogP contribution in [0.1, 0.15) is 76.3 Å². The molecule has 0 aliphatic carbocycles. The lowest BCUT2D eigenvalue weighted by atomic mass is 9.78. The first-order valence-electron chi connectivity index (χ1n) is 18.3. The van der Waals surface area contributed by atoms with Gasteiger partial charge in [-0.2, -0.15) is 5.26 Å². The summed E-state index contributed by atoms with van der Waals surface area (Å²) in [4.78, 5) is 31.5. The van der Waals surface area contributed by atoms with Gasteiger partial charge in [0.1, 0.15) is 18.0 Å². The molecule has 11 heteroatoms. The first-order chi connectivity index (χ1) is 24.4. The van der Waals surface area contributed by atoms with E-state index in [1.54, 1.807) is 6.07 Å². The number of piperidine rings is 1. The molecule has 0 radical (unpaired) electrons. The van der Waals surface area contributed by atoms with E-state index in [1.165, 1.54) is 6.42 Å². The Bertz CT molecular complexity index is 1700. The number of piperazine rings is 1. The predicted molar refractivity (Wildman–Crippen MR) is 200 cm³/mol. The molecule has 3 aromatic rings. The van der Waals surface area contributed by atoms with Gasteiger partial charge >= 0.3 is 6.09 Å². The smallest absolute Gasteiger partial charge is 0.410 e. The van der Waals surface area contributed by atoms with Crippen molar-refractivity contribution in [3.8, 4) is 11.8 Å². The van der Waals surface area contributed by atoms with Gasteiger partial charge in [-0.3, -0.25) is 9.80 Å². The fraction of sp³-hybridized carbons (Fsp3) is 0.550. The van der Waals surface area contributed by atoms with Gasteiger partial charge in [-0.25, -0.2) is 14.8 Å². The van der Waals surface area contributed by atoms with Crippen LogP contribution in [0, 0.1) is 17.2 Å². The fourth-order valence-electron chi connectivity index (χ4n) is 7.51. The van der Waals surface area contributed by atoms with Gasteiger partial charge in [0.2, 0.25) is 5.95 Å². The maximum Gasteiger partial charge on any atom is 0.410 e. The van der Waals surface area contributed by atoms with Crippen molar-refractivity contribution < 1.29 is 14.3 Å². The third kappa shape index (κ3) is 9.50. The molecule has 272 valence electrons. The molecule has 2 unspecified atom stereocenters. The lowest BCUT2D eigenvalue weighted by Gasteiger charge is -2.38. The zero-order valence-corrected chi connectivity index (χ0v) is 31.5. The number of likely N-dealkylation sites (tertiary alicyclic amines) is 2. The van der Waals surface area contributed by atoms with E-state index in [-0.39, 0.29) is 11.5 Å². The molecule has 0 bridgehead atoms. The summed E-state index contributed by atoms with van der Waals surface area (Å²) in [6.45, 7) is 19.0. The standard InChI is InChI=1S/C40H52ClN7O3/c1-39(2,3)51-38(49)48-15-6-7-35(27-48)47-16-13-29(26-47)25-45-17-19-46(20-18-45)37-43-14-12-34(44-37)28-50-36-10-8-31(9-11-36)40(4,5)32-21-30(24-42)22-33(41)23-32/h8-12,14,21-23,29,35H,6-7,13,15-20,25-28H2,1-5H3. The Kier molecular flexibility index (Phi) is 11.4. The van der Waals surface area contributed by atoms with Crippen LogP contribution in [-0.2, 0) is 16.8 Å². The van der Waals surface area contributed by atoms with Crippen molar-refractivity contribution >= 4 is 23.6 Å². The molecule has 1 amide bonds. The van der Waals surface area contributed by atoms with Gasteiger partial charge in [-0.05, 0) is 100 Å². The molecule has 0 saturated carbocycles. The molecule has 3 aliphatic heterocycles. The minimum atomic E-state index is -0.464. The maximum atomic E-state index is 12.7. The molecule has 3 aliphatic rings. The number of hydrogen-bond donors (Lipinski definition) is 0. The van der Waals surface area contributed by atoms with E-state index in [9.17, 15) is 10.1 Å². The molecular weight excluding hydrogens is 662 g/mol. The fourth-order valence-corrected chi connectivity index (χ4v) is 7.74. The first kappa shape index (κ1) is 36.9. The number of nitriles is 1. The van der Waals surface area contributed by atoms with Gasteiger partial charge in [0.15, 0.2) is 0 Å². The van der Waals surface area contributed by atoms with Crippen LogP contribution in [0.25, 0.3) is 0 Å². The molecule has 6 rings (SSSR count). The third-order valence-corrected chi connectivity index (χ3v) is 10.7. The van der Waals surface area contributed by atoms with Gasteiger partial charge in [0, 0.05) is 75.0 Å². The highest BCUT2D eigenvalue weighted by molar-refractivity contribution is 6.30.